The second-order valence-corrected chi connectivity index (χ2v) is 8.64. The lowest BCUT2D eigenvalue weighted by Gasteiger charge is -2.26. The molecule has 2 amide bonds. The predicted octanol–water partition coefficient (Wildman–Crippen LogP) is 2.59. The van der Waals surface area contributed by atoms with Crippen molar-refractivity contribution in [1.29, 1.82) is 0 Å². The fraction of sp³-hybridized carbons (Fsp3) is 0.391. The first-order valence-corrected chi connectivity index (χ1v) is 10.9. The fourth-order valence-electron chi connectivity index (χ4n) is 4.20. The van der Waals surface area contributed by atoms with Crippen molar-refractivity contribution in [3.8, 4) is 5.75 Å². The Morgan fingerprint density at radius 2 is 1.97 bits per heavy atom. The van der Waals surface area contributed by atoms with Gasteiger partial charge in [0.25, 0.3) is 5.91 Å². The highest BCUT2D eigenvalue weighted by molar-refractivity contribution is 6.04. The standard InChI is InChI=1S/C23H27N7O3/c1-28-11-17-19(23(28)32)16(10-18(26-17)27-22(31)13-8-9-13)25-15-7-5-6-14(20(15)33-4)21-24-12-29(2)30(21)3/h5-7,10,12-13,21H,8-9,11H2,1-4H3,(H2,25,26,27,31). The van der Waals surface area contributed by atoms with E-state index in [4.69, 9.17) is 4.74 Å². The van der Waals surface area contributed by atoms with Crippen molar-refractivity contribution in [2.24, 2.45) is 10.9 Å². The van der Waals surface area contributed by atoms with Gasteiger partial charge in [0.1, 0.15) is 24.1 Å². The number of hydrogen-bond donors (Lipinski definition) is 2. The molecule has 10 heteroatoms. The van der Waals surface area contributed by atoms with E-state index in [0.29, 0.717) is 40.7 Å². The molecule has 0 radical (unpaired) electrons. The highest BCUT2D eigenvalue weighted by Crippen LogP contribution is 2.40. The second kappa shape index (κ2) is 8.04. The van der Waals surface area contributed by atoms with Crippen molar-refractivity contribution in [3.63, 3.8) is 0 Å². The van der Waals surface area contributed by atoms with Crippen LogP contribution in [0.25, 0.3) is 0 Å². The van der Waals surface area contributed by atoms with Crippen LogP contribution in [0.1, 0.15) is 40.6 Å². The number of rotatable bonds is 6. The second-order valence-electron chi connectivity index (χ2n) is 8.64. The Bertz CT molecular complexity index is 1160. The van der Waals surface area contributed by atoms with Gasteiger partial charge in [-0.2, -0.15) is 5.01 Å². The molecule has 3 aliphatic rings. The van der Waals surface area contributed by atoms with E-state index in [2.05, 4.69) is 20.6 Å². The molecule has 1 unspecified atom stereocenters. The Kier molecular flexibility index (Phi) is 5.16. The van der Waals surface area contributed by atoms with E-state index >= 15 is 0 Å². The number of aliphatic imine (C=N–C) groups is 1. The minimum atomic E-state index is -0.226. The molecule has 33 heavy (non-hydrogen) atoms. The van der Waals surface area contributed by atoms with Crippen LogP contribution in [0, 0.1) is 5.92 Å². The summed E-state index contributed by atoms with van der Waals surface area (Å²) in [5, 5.41) is 10.2. The molecular weight excluding hydrogens is 422 g/mol. The molecule has 1 aromatic carbocycles. The van der Waals surface area contributed by atoms with Gasteiger partial charge < -0.3 is 20.3 Å². The molecule has 1 atom stereocenters. The zero-order chi connectivity index (χ0) is 23.3. The third-order valence-electron chi connectivity index (χ3n) is 6.26. The van der Waals surface area contributed by atoms with Crippen LogP contribution in [-0.2, 0) is 11.3 Å². The molecule has 0 bridgehead atoms. The van der Waals surface area contributed by atoms with Crippen LogP contribution < -0.4 is 15.4 Å². The predicted molar refractivity (Wildman–Crippen MR) is 124 cm³/mol. The lowest BCUT2D eigenvalue weighted by molar-refractivity contribution is -0.117. The van der Waals surface area contributed by atoms with E-state index < -0.39 is 0 Å². The van der Waals surface area contributed by atoms with Gasteiger partial charge in [0, 0.05) is 38.7 Å². The quantitative estimate of drug-likeness (QED) is 0.699. The molecule has 3 heterocycles. The number of amides is 2. The van der Waals surface area contributed by atoms with E-state index in [1.165, 1.54) is 0 Å². The van der Waals surface area contributed by atoms with Gasteiger partial charge in [-0.1, -0.05) is 12.1 Å². The highest BCUT2D eigenvalue weighted by atomic mass is 16.5. The molecule has 1 saturated carbocycles. The third-order valence-corrected chi connectivity index (χ3v) is 6.26. The number of ether oxygens (including phenoxy) is 1. The summed E-state index contributed by atoms with van der Waals surface area (Å²) in [5.41, 5.74) is 3.31. The maximum Gasteiger partial charge on any atom is 0.257 e. The Hall–Kier alpha value is -3.66. The SMILES string of the molecule is COc1c(Nc2cc(NC(=O)C3CC3)nc3c2C(=O)N(C)C3)cccc1C1N=CN(C)N1C. The molecule has 1 aliphatic carbocycles. The van der Waals surface area contributed by atoms with Crippen molar-refractivity contribution in [2.75, 3.05) is 38.9 Å². The molecule has 5 rings (SSSR count). The summed E-state index contributed by atoms with van der Waals surface area (Å²) in [6.07, 6.45) is 3.35. The minimum absolute atomic E-state index is 0.0306. The number of nitrogens with zero attached hydrogens (tertiary/aromatic N) is 5. The molecule has 1 aromatic heterocycles. The molecule has 0 spiro atoms. The number of anilines is 3. The Balaban J connectivity index is 1.53. The van der Waals surface area contributed by atoms with Gasteiger partial charge in [-0.25, -0.2) is 9.98 Å². The van der Waals surface area contributed by atoms with Crippen LogP contribution in [0.4, 0.5) is 17.2 Å². The minimum Gasteiger partial charge on any atom is -0.494 e. The van der Waals surface area contributed by atoms with E-state index in [1.54, 1.807) is 31.5 Å². The van der Waals surface area contributed by atoms with Gasteiger partial charge in [0.15, 0.2) is 0 Å². The maximum absolute atomic E-state index is 12.9. The first kappa shape index (κ1) is 21.2. The number of nitrogens with one attached hydrogen (secondary N) is 2. The van der Waals surface area contributed by atoms with Crippen molar-refractivity contribution in [2.45, 2.75) is 25.6 Å². The first-order valence-electron chi connectivity index (χ1n) is 10.9. The molecular formula is C23H27N7O3. The maximum atomic E-state index is 12.9. The summed E-state index contributed by atoms with van der Waals surface area (Å²) < 4.78 is 5.78. The summed E-state index contributed by atoms with van der Waals surface area (Å²) in [5.74, 6) is 0.983. The number of hydrazine groups is 1. The van der Waals surface area contributed by atoms with Gasteiger partial charge >= 0.3 is 0 Å². The molecule has 2 aliphatic heterocycles. The Labute approximate surface area is 192 Å². The number of pyridine rings is 1. The number of aromatic nitrogens is 1. The van der Waals surface area contributed by atoms with Crippen molar-refractivity contribution in [1.82, 2.24) is 19.9 Å². The topological polar surface area (TPSA) is 102 Å². The van der Waals surface area contributed by atoms with Crippen LogP contribution in [0.2, 0.25) is 0 Å². The molecule has 0 saturated heterocycles. The zero-order valence-electron chi connectivity index (χ0n) is 19.1. The number of carbonyl (C=O) groups excluding carboxylic acids is 2. The summed E-state index contributed by atoms with van der Waals surface area (Å²) in [6.45, 7) is 0.390. The molecule has 2 N–H and O–H groups in total. The lowest BCUT2D eigenvalue weighted by atomic mass is 10.1. The third kappa shape index (κ3) is 3.76. The van der Waals surface area contributed by atoms with Crippen molar-refractivity contribution < 1.29 is 14.3 Å². The monoisotopic (exact) mass is 449 g/mol. The van der Waals surface area contributed by atoms with Crippen LogP contribution in [0.5, 0.6) is 5.75 Å². The van der Waals surface area contributed by atoms with Crippen LogP contribution in [-0.4, -0.2) is 66.3 Å². The van der Waals surface area contributed by atoms with E-state index in [1.807, 2.05) is 42.3 Å². The Morgan fingerprint density at radius 1 is 1.18 bits per heavy atom. The number of hydrogen-bond acceptors (Lipinski definition) is 8. The Morgan fingerprint density at radius 3 is 2.64 bits per heavy atom. The number of carbonyl (C=O) groups is 2. The largest absolute Gasteiger partial charge is 0.494 e. The fourth-order valence-corrected chi connectivity index (χ4v) is 4.20. The van der Waals surface area contributed by atoms with Gasteiger partial charge in [0.05, 0.1) is 36.3 Å². The van der Waals surface area contributed by atoms with Crippen molar-refractivity contribution >= 4 is 35.3 Å². The highest BCUT2D eigenvalue weighted by Gasteiger charge is 2.33. The number of methoxy groups -OCH3 is 1. The lowest BCUT2D eigenvalue weighted by Crippen LogP contribution is -2.32. The van der Waals surface area contributed by atoms with Gasteiger partial charge in [-0.15, -0.1) is 0 Å². The van der Waals surface area contributed by atoms with Crippen LogP contribution in [0.3, 0.4) is 0 Å². The molecule has 172 valence electrons. The number of para-hydroxylation sites is 1. The normalized spacial score (nSPS) is 19.8. The van der Waals surface area contributed by atoms with Gasteiger partial charge in [-0.05, 0) is 18.9 Å². The van der Waals surface area contributed by atoms with Gasteiger partial charge in [0.2, 0.25) is 5.91 Å². The summed E-state index contributed by atoms with van der Waals surface area (Å²) in [7, 11) is 7.24. The van der Waals surface area contributed by atoms with Crippen LogP contribution in [0.15, 0.2) is 29.3 Å². The smallest absolute Gasteiger partial charge is 0.257 e. The zero-order valence-corrected chi connectivity index (χ0v) is 19.1. The summed E-state index contributed by atoms with van der Waals surface area (Å²) in [4.78, 5) is 35.9. The van der Waals surface area contributed by atoms with Crippen molar-refractivity contribution in [3.05, 3.63) is 41.1 Å². The summed E-state index contributed by atoms with van der Waals surface area (Å²) >= 11 is 0. The van der Waals surface area contributed by atoms with Gasteiger partial charge in [-0.3, -0.25) is 14.6 Å². The number of benzene rings is 1. The van der Waals surface area contributed by atoms with Crippen LogP contribution >= 0.6 is 0 Å². The van der Waals surface area contributed by atoms with E-state index in [-0.39, 0.29) is 23.9 Å². The first-order chi connectivity index (χ1) is 15.9. The number of fused-ring (bicyclic) bond motifs is 1. The van der Waals surface area contributed by atoms with E-state index in [0.717, 1.165) is 18.4 Å². The summed E-state index contributed by atoms with van der Waals surface area (Å²) in [6, 6.07) is 7.50. The molecule has 1 fully saturated rings. The molecule has 10 nitrogen and oxygen atoms in total. The average Bonchev–Trinajstić information content (AvgIpc) is 3.54. The molecule has 2 aromatic rings. The van der Waals surface area contributed by atoms with E-state index in [9.17, 15) is 9.59 Å². The average molecular weight is 450 g/mol.